The van der Waals surface area contributed by atoms with E-state index in [2.05, 4.69) is 20.4 Å². The van der Waals surface area contributed by atoms with Gasteiger partial charge in [0, 0.05) is 5.92 Å². The number of fused-ring (bicyclic) bond motifs is 3. The van der Waals surface area contributed by atoms with Crippen LogP contribution in [0.5, 0.6) is 0 Å². The summed E-state index contributed by atoms with van der Waals surface area (Å²) < 4.78 is 0. The van der Waals surface area contributed by atoms with Crippen molar-refractivity contribution >= 4 is 0 Å². The number of hydrogen-bond donors (Lipinski definition) is 1. The molecule has 3 aliphatic rings. The minimum atomic E-state index is -0.0933. The van der Waals surface area contributed by atoms with Crippen LogP contribution in [-0.2, 0) is 0 Å². The van der Waals surface area contributed by atoms with Crippen molar-refractivity contribution in [2.45, 2.75) is 39.2 Å². The molecule has 1 N–H and O–H groups in total. The highest BCUT2D eigenvalue weighted by Gasteiger charge is 2.47. The molecular weight excluding hydrogens is 148 g/mol. The number of rotatable bonds is 0. The van der Waals surface area contributed by atoms with Crippen molar-refractivity contribution in [3.8, 4) is 0 Å². The second kappa shape index (κ2) is 2.35. The second-order valence-electron chi connectivity index (χ2n) is 4.93. The summed E-state index contributed by atoms with van der Waals surface area (Å²) in [6.07, 6.45) is 3.35. The van der Waals surface area contributed by atoms with Gasteiger partial charge in [0.2, 0.25) is 0 Å². The van der Waals surface area contributed by atoms with E-state index in [0.29, 0.717) is 11.8 Å². The van der Waals surface area contributed by atoms with E-state index in [0.717, 1.165) is 12.8 Å². The predicted molar refractivity (Wildman–Crippen MR) is 49.8 cm³/mol. The molecule has 3 fully saturated rings. The average Bonchev–Trinajstić information content (AvgIpc) is 2.00. The molecular formula is C11H18O. The molecule has 3 rings (SSSR count). The molecule has 1 heteroatoms. The van der Waals surface area contributed by atoms with Crippen LogP contribution in [0.4, 0.5) is 0 Å². The zero-order chi connectivity index (χ0) is 8.93. The fourth-order valence-electron chi connectivity index (χ4n) is 2.95. The average molecular weight is 166 g/mol. The third kappa shape index (κ3) is 0.891. The molecule has 1 nitrogen and oxygen atoms in total. The van der Waals surface area contributed by atoms with E-state index in [9.17, 15) is 5.11 Å². The van der Waals surface area contributed by atoms with Gasteiger partial charge in [0.05, 0.1) is 6.10 Å². The molecule has 0 aromatic rings. The smallest absolute Gasteiger partial charge is 0.0608 e. The third-order valence-electron chi connectivity index (χ3n) is 4.11. The first-order valence-corrected chi connectivity index (χ1v) is 4.91. The maximum atomic E-state index is 9.74. The van der Waals surface area contributed by atoms with Gasteiger partial charge in [-0.25, -0.2) is 0 Å². The fourth-order valence-corrected chi connectivity index (χ4v) is 2.95. The molecule has 0 spiro atoms. The van der Waals surface area contributed by atoms with E-state index >= 15 is 0 Å². The molecule has 3 aliphatic carbocycles. The van der Waals surface area contributed by atoms with Crippen molar-refractivity contribution < 1.29 is 5.11 Å². The van der Waals surface area contributed by atoms with Gasteiger partial charge in [-0.05, 0) is 30.6 Å². The zero-order valence-corrected chi connectivity index (χ0v) is 8.01. The van der Waals surface area contributed by atoms with Crippen LogP contribution in [0.25, 0.3) is 0 Å². The maximum absolute atomic E-state index is 9.74. The lowest BCUT2D eigenvalue weighted by molar-refractivity contribution is -0.0181. The molecule has 0 aliphatic heterocycles. The van der Waals surface area contributed by atoms with Gasteiger partial charge in [-0.3, -0.25) is 0 Å². The predicted octanol–water partition coefficient (Wildman–Crippen LogP) is 2.36. The van der Waals surface area contributed by atoms with Gasteiger partial charge in [0.15, 0.2) is 0 Å². The Morgan fingerprint density at radius 3 is 2.50 bits per heavy atom. The monoisotopic (exact) mass is 166 g/mol. The minimum Gasteiger partial charge on any atom is -0.392 e. The Labute approximate surface area is 74.5 Å². The lowest BCUT2D eigenvalue weighted by Gasteiger charge is -2.52. The minimum absolute atomic E-state index is 0.0933. The van der Waals surface area contributed by atoms with Crippen molar-refractivity contribution in [3.05, 3.63) is 12.2 Å². The van der Waals surface area contributed by atoms with Gasteiger partial charge >= 0.3 is 0 Å². The van der Waals surface area contributed by atoms with Gasteiger partial charge in [0.1, 0.15) is 0 Å². The molecule has 0 radical (unpaired) electrons. The van der Waals surface area contributed by atoms with Gasteiger partial charge in [0.25, 0.3) is 0 Å². The van der Waals surface area contributed by atoms with E-state index in [1.807, 2.05) is 0 Å². The molecule has 0 unspecified atom stereocenters. The molecule has 0 amide bonds. The van der Waals surface area contributed by atoms with Gasteiger partial charge in [-0.2, -0.15) is 0 Å². The van der Waals surface area contributed by atoms with Crippen molar-refractivity contribution in [2.75, 3.05) is 0 Å². The first kappa shape index (κ1) is 8.31. The van der Waals surface area contributed by atoms with Gasteiger partial charge < -0.3 is 5.11 Å². The quantitative estimate of drug-likeness (QED) is 0.548. The van der Waals surface area contributed by atoms with Crippen molar-refractivity contribution in [3.63, 3.8) is 0 Å². The second-order valence-corrected chi connectivity index (χ2v) is 4.93. The zero-order valence-electron chi connectivity index (χ0n) is 8.01. The van der Waals surface area contributed by atoms with E-state index < -0.39 is 0 Å². The van der Waals surface area contributed by atoms with Crippen molar-refractivity contribution in [1.82, 2.24) is 0 Å². The Morgan fingerprint density at radius 2 is 2.08 bits per heavy atom. The maximum Gasteiger partial charge on any atom is 0.0608 e. The SMILES string of the molecule is C=C1[C@H]2CC[C@H](C[C@H]2O)C1(C)C. The third-order valence-corrected chi connectivity index (χ3v) is 4.11. The van der Waals surface area contributed by atoms with E-state index in [1.54, 1.807) is 0 Å². The number of aliphatic hydroxyl groups is 1. The van der Waals surface area contributed by atoms with Crippen molar-refractivity contribution in [1.29, 1.82) is 0 Å². The summed E-state index contributed by atoms with van der Waals surface area (Å²) in [5.41, 5.74) is 1.57. The molecule has 0 heterocycles. The number of aliphatic hydroxyl groups excluding tert-OH is 1. The Kier molecular flexibility index (Phi) is 1.63. The molecule has 0 saturated heterocycles. The van der Waals surface area contributed by atoms with Gasteiger partial charge in [-0.15, -0.1) is 0 Å². The molecule has 68 valence electrons. The Morgan fingerprint density at radius 1 is 1.42 bits per heavy atom. The van der Waals surface area contributed by atoms with Crippen LogP contribution in [0.2, 0.25) is 0 Å². The summed E-state index contributed by atoms with van der Waals surface area (Å²) >= 11 is 0. The summed E-state index contributed by atoms with van der Waals surface area (Å²) in [6.45, 7) is 8.69. The Bertz CT molecular complexity index is 217. The molecule has 3 saturated carbocycles. The molecule has 3 atom stereocenters. The Hall–Kier alpha value is -0.300. The summed E-state index contributed by atoms with van der Waals surface area (Å²) in [7, 11) is 0. The molecule has 12 heavy (non-hydrogen) atoms. The van der Waals surface area contributed by atoms with Crippen LogP contribution < -0.4 is 0 Å². The van der Waals surface area contributed by atoms with Gasteiger partial charge in [-0.1, -0.05) is 26.0 Å². The molecule has 2 bridgehead atoms. The van der Waals surface area contributed by atoms with Crippen LogP contribution in [0, 0.1) is 17.3 Å². The lowest BCUT2D eigenvalue weighted by Crippen LogP contribution is -2.46. The highest BCUT2D eigenvalue weighted by atomic mass is 16.3. The standard InChI is InChI=1S/C11H18O/c1-7-9-5-4-8(6-10(9)12)11(7,2)3/h8-10,12H,1,4-6H2,2-3H3/t8-,9-,10-/m1/s1. The summed E-state index contributed by atoms with van der Waals surface area (Å²) in [6, 6.07) is 0. The summed E-state index contributed by atoms with van der Waals surface area (Å²) in [5, 5.41) is 9.74. The molecule has 0 aromatic heterocycles. The number of hydrogen-bond acceptors (Lipinski definition) is 1. The van der Waals surface area contributed by atoms with Crippen molar-refractivity contribution in [2.24, 2.45) is 17.3 Å². The van der Waals surface area contributed by atoms with E-state index in [4.69, 9.17) is 0 Å². The normalized spacial score (nSPS) is 44.9. The highest BCUT2D eigenvalue weighted by molar-refractivity contribution is 5.21. The van der Waals surface area contributed by atoms with E-state index in [-0.39, 0.29) is 11.5 Å². The topological polar surface area (TPSA) is 20.2 Å². The summed E-state index contributed by atoms with van der Waals surface area (Å²) in [5.74, 6) is 1.06. The highest BCUT2D eigenvalue weighted by Crippen LogP contribution is 2.54. The van der Waals surface area contributed by atoms with E-state index in [1.165, 1.54) is 12.0 Å². The first-order valence-electron chi connectivity index (χ1n) is 4.91. The van der Waals surface area contributed by atoms with Crippen LogP contribution in [-0.4, -0.2) is 11.2 Å². The van der Waals surface area contributed by atoms with Crippen LogP contribution in [0.15, 0.2) is 12.2 Å². The lowest BCUT2D eigenvalue weighted by atomic mass is 9.54. The largest absolute Gasteiger partial charge is 0.392 e. The Balaban J connectivity index is 2.32. The van der Waals surface area contributed by atoms with Crippen LogP contribution in [0.3, 0.4) is 0 Å². The first-order chi connectivity index (χ1) is 5.53. The fraction of sp³-hybridized carbons (Fsp3) is 0.818. The summed E-state index contributed by atoms with van der Waals surface area (Å²) in [4.78, 5) is 0. The molecule has 0 aromatic carbocycles. The van der Waals surface area contributed by atoms with Crippen LogP contribution >= 0.6 is 0 Å². The van der Waals surface area contributed by atoms with Crippen LogP contribution in [0.1, 0.15) is 33.1 Å².